The van der Waals surface area contributed by atoms with Gasteiger partial charge in [-0.1, -0.05) is 0 Å². The number of alkyl halides is 3. The van der Waals surface area contributed by atoms with Gasteiger partial charge in [-0.15, -0.1) is 0 Å². The molecule has 1 aliphatic heterocycles. The third kappa shape index (κ3) is 3.54. The van der Waals surface area contributed by atoms with Crippen LogP contribution in [0.25, 0.3) is 0 Å². The van der Waals surface area contributed by atoms with Gasteiger partial charge < -0.3 is 19.3 Å². The van der Waals surface area contributed by atoms with Crippen molar-refractivity contribution >= 4 is 11.9 Å². The average molecular weight is 306 g/mol. The van der Waals surface area contributed by atoms with Crippen LogP contribution in [0.2, 0.25) is 0 Å². The minimum absolute atomic E-state index is 0.337. The van der Waals surface area contributed by atoms with E-state index in [1.165, 1.54) is 4.90 Å². The largest absolute Gasteiger partial charge is 0.478 e. The van der Waals surface area contributed by atoms with E-state index < -0.39 is 23.3 Å². The smallest absolute Gasteiger partial charge is 0.418 e. The summed E-state index contributed by atoms with van der Waals surface area (Å²) in [6, 6.07) is 0. The number of aromatic carboxylic acids is 1. The number of hydrogen-bond donors (Lipinski definition) is 1. The Labute approximate surface area is 117 Å². The molecule has 0 bridgehead atoms. The molecule has 0 spiro atoms. The van der Waals surface area contributed by atoms with E-state index in [1.54, 1.807) is 0 Å². The molecule has 21 heavy (non-hydrogen) atoms. The van der Waals surface area contributed by atoms with Gasteiger partial charge in [-0.2, -0.15) is 13.2 Å². The minimum Gasteiger partial charge on any atom is -0.478 e. The van der Waals surface area contributed by atoms with Crippen LogP contribution in [-0.2, 0) is 22.3 Å². The van der Waals surface area contributed by atoms with Gasteiger partial charge in [-0.3, -0.25) is 4.79 Å². The summed E-state index contributed by atoms with van der Waals surface area (Å²) in [7, 11) is 0. The van der Waals surface area contributed by atoms with E-state index in [0.717, 1.165) is 10.8 Å². The van der Waals surface area contributed by atoms with Gasteiger partial charge in [0.15, 0.2) is 0 Å². The zero-order valence-electron chi connectivity index (χ0n) is 10.9. The Bertz CT molecular complexity index is 547. The lowest BCUT2D eigenvalue weighted by atomic mass is 10.2. The van der Waals surface area contributed by atoms with Crippen molar-refractivity contribution in [3.05, 3.63) is 23.5 Å². The summed E-state index contributed by atoms with van der Waals surface area (Å²) in [6.07, 6.45) is -3.31. The fourth-order valence-electron chi connectivity index (χ4n) is 2.06. The number of hydrogen-bond acceptors (Lipinski definition) is 3. The summed E-state index contributed by atoms with van der Waals surface area (Å²) in [5, 5.41) is 8.80. The monoisotopic (exact) mass is 306 g/mol. The van der Waals surface area contributed by atoms with Crippen LogP contribution < -0.4 is 0 Å². The van der Waals surface area contributed by atoms with Gasteiger partial charge in [-0.05, 0) is 0 Å². The summed E-state index contributed by atoms with van der Waals surface area (Å²) in [5.41, 5.74) is -2.12. The molecule has 9 heteroatoms. The van der Waals surface area contributed by atoms with E-state index in [2.05, 4.69) is 0 Å². The molecule has 1 saturated heterocycles. The molecule has 0 saturated carbocycles. The fourth-order valence-corrected chi connectivity index (χ4v) is 2.06. The van der Waals surface area contributed by atoms with Crippen LogP contribution in [0, 0.1) is 0 Å². The van der Waals surface area contributed by atoms with Gasteiger partial charge in [0, 0.05) is 25.5 Å². The fraction of sp³-hybridized carbons (Fsp3) is 0.500. The molecule has 116 valence electrons. The Balaban J connectivity index is 2.17. The molecule has 1 amide bonds. The first kappa shape index (κ1) is 15.4. The van der Waals surface area contributed by atoms with Gasteiger partial charge in [0.1, 0.15) is 6.54 Å². The lowest BCUT2D eigenvalue weighted by Crippen LogP contribution is -2.42. The Morgan fingerprint density at radius 2 is 1.86 bits per heavy atom. The number of carboxylic acid groups (broad SMARTS) is 1. The minimum atomic E-state index is -4.78. The zero-order valence-corrected chi connectivity index (χ0v) is 10.9. The zero-order chi connectivity index (χ0) is 15.6. The molecule has 0 aliphatic carbocycles. The van der Waals surface area contributed by atoms with Gasteiger partial charge >= 0.3 is 12.1 Å². The number of halogens is 3. The second-order valence-corrected chi connectivity index (χ2v) is 4.55. The third-order valence-corrected chi connectivity index (χ3v) is 3.10. The second-order valence-electron chi connectivity index (χ2n) is 4.55. The number of carbonyl (C=O) groups is 2. The van der Waals surface area contributed by atoms with Crippen molar-refractivity contribution < 1.29 is 32.6 Å². The summed E-state index contributed by atoms with van der Waals surface area (Å²) >= 11 is 0. The van der Waals surface area contributed by atoms with Gasteiger partial charge in [-0.25, -0.2) is 4.79 Å². The second kappa shape index (κ2) is 5.76. The standard InChI is InChI=1S/C12H13F3N2O4/c13-12(14,15)9-6-16(5-8(9)11(19)20)7-10(18)17-1-3-21-4-2-17/h5-6H,1-4,7H2,(H,19,20). The Morgan fingerprint density at radius 1 is 1.24 bits per heavy atom. The molecule has 0 atom stereocenters. The molecule has 2 rings (SSSR count). The molecular formula is C12H13F3N2O4. The van der Waals surface area contributed by atoms with E-state index >= 15 is 0 Å². The highest BCUT2D eigenvalue weighted by Gasteiger charge is 2.37. The van der Waals surface area contributed by atoms with Crippen molar-refractivity contribution in [2.45, 2.75) is 12.7 Å². The molecule has 0 radical (unpaired) electrons. The summed E-state index contributed by atoms with van der Waals surface area (Å²) in [4.78, 5) is 24.2. The lowest BCUT2D eigenvalue weighted by molar-refractivity contribution is -0.139. The summed E-state index contributed by atoms with van der Waals surface area (Å²) < 4.78 is 44.2. The maximum absolute atomic E-state index is 12.7. The molecule has 0 aromatic carbocycles. The molecule has 0 unspecified atom stereocenters. The first-order valence-corrected chi connectivity index (χ1v) is 6.15. The van der Waals surface area contributed by atoms with Crippen LogP contribution in [0.1, 0.15) is 15.9 Å². The molecule has 1 aromatic rings. The Hall–Kier alpha value is -2.03. The summed E-state index contributed by atoms with van der Waals surface area (Å²) in [5.74, 6) is -2.06. The number of amides is 1. The number of nitrogens with zero attached hydrogens (tertiary/aromatic N) is 2. The van der Waals surface area contributed by atoms with Crippen LogP contribution in [0.3, 0.4) is 0 Å². The van der Waals surface area contributed by atoms with Gasteiger partial charge in [0.2, 0.25) is 5.91 Å². The Kier molecular flexibility index (Phi) is 4.21. The number of rotatable bonds is 3. The number of morpholine rings is 1. The first-order valence-electron chi connectivity index (χ1n) is 6.15. The van der Waals surface area contributed by atoms with E-state index in [9.17, 15) is 22.8 Å². The van der Waals surface area contributed by atoms with Crippen molar-refractivity contribution in [2.24, 2.45) is 0 Å². The number of ether oxygens (including phenoxy) is 1. The van der Waals surface area contributed by atoms with Crippen molar-refractivity contribution in [3.63, 3.8) is 0 Å². The van der Waals surface area contributed by atoms with Crippen molar-refractivity contribution in [3.8, 4) is 0 Å². The van der Waals surface area contributed by atoms with E-state index in [0.29, 0.717) is 32.5 Å². The topological polar surface area (TPSA) is 71.8 Å². The molecule has 6 nitrogen and oxygen atoms in total. The predicted molar refractivity (Wildman–Crippen MR) is 63.8 cm³/mol. The van der Waals surface area contributed by atoms with Crippen molar-refractivity contribution in [2.75, 3.05) is 26.3 Å². The first-order chi connectivity index (χ1) is 9.79. The van der Waals surface area contributed by atoms with E-state index in [-0.39, 0.29) is 12.5 Å². The SMILES string of the molecule is O=C(O)c1cn(CC(=O)N2CCOCC2)cc1C(F)(F)F. The predicted octanol–water partition coefficient (Wildman–Crippen LogP) is 1.06. The average Bonchev–Trinajstić information content (AvgIpc) is 2.84. The highest BCUT2D eigenvalue weighted by atomic mass is 19.4. The number of aromatic nitrogens is 1. The maximum Gasteiger partial charge on any atom is 0.418 e. The van der Waals surface area contributed by atoms with Crippen molar-refractivity contribution in [1.82, 2.24) is 9.47 Å². The molecule has 1 fully saturated rings. The van der Waals surface area contributed by atoms with Crippen molar-refractivity contribution in [1.29, 1.82) is 0 Å². The van der Waals surface area contributed by atoms with Gasteiger partial charge in [0.25, 0.3) is 0 Å². The molecule has 2 heterocycles. The Morgan fingerprint density at radius 3 is 2.33 bits per heavy atom. The summed E-state index contributed by atoms with van der Waals surface area (Å²) in [6.45, 7) is 1.17. The molecule has 1 aromatic heterocycles. The van der Waals surface area contributed by atoms with Crippen LogP contribution >= 0.6 is 0 Å². The van der Waals surface area contributed by atoms with Gasteiger partial charge in [0.05, 0.1) is 24.3 Å². The van der Waals surface area contributed by atoms with Crippen LogP contribution in [-0.4, -0.2) is 52.8 Å². The molecular weight excluding hydrogens is 293 g/mol. The molecule has 1 N–H and O–H groups in total. The van der Waals surface area contributed by atoms with Crippen LogP contribution in [0.5, 0.6) is 0 Å². The number of carboxylic acids is 1. The van der Waals surface area contributed by atoms with Crippen LogP contribution in [0.4, 0.5) is 13.2 Å². The normalized spacial score (nSPS) is 16.0. The lowest BCUT2D eigenvalue weighted by Gasteiger charge is -2.26. The van der Waals surface area contributed by atoms with Crippen LogP contribution in [0.15, 0.2) is 12.4 Å². The number of carbonyl (C=O) groups excluding carboxylic acids is 1. The van der Waals surface area contributed by atoms with E-state index in [1.807, 2.05) is 0 Å². The highest BCUT2D eigenvalue weighted by molar-refractivity contribution is 5.89. The third-order valence-electron chi connectivity index (χ3n) is 3.10. The maximum atomic E-state index is 12.7. The highest BCUT2D eigenvalue weighted by Crippen LogP contribution is 2.32. The van der Waals surface area contributed by atoms with E-state index in [4.69, 9.17) is 9.84 Å². The quantitative estimate of drug-likeness (QED) is 0.906. The molecule has 1 aliphatic rings.